The lowest BCUT2D eigenvalue weighted by molar-refractivity contribution is 0.112. The Balaban J connectivity index is 2.26. The van der Waals surface area contributed by atoms with Gasteiger partial charge in [0.05, 0.1) is 16.1 Å². The fourth-order valence-electron chi connectivity index (χ4n) is 2.74. The van der Waals surface area contributed by atoms with E-state index in [0.717, 1.165) is 39.0 Å². The average Bonchev–Trinajstić information content (AvgIpc) is 2.97. The van der Waals surface area contributed by atoms with Crippen molar-refractivity contribution < 1.29 is 4.79 Å². The van der Waals surface area contributed by atoms with Crippen LogP contribution < -0.4 is 0 Å². The van der Waals surface area contributed by atoms with Gasteiger partial charge in [-0.15, -0.1) is 0 Å². The third-order valence-electron chi connectivity index (χ3n) is 3.60. The van der Waals surface area contributed by atoms with Crippen molar-refractivity contribution in [3.05, 3.63) is 46.1 Å². The summed E-state index contributed by atoms with van der Waals surface area (Å²) in [5.41, 5.74) is 3.35. The predicted molar refractivity (Wildman–Crippen MR) is 83.1 cm³/mol. The molecular weight excluding hydrogens is 295 g/mol. The van der Waals surface area contributed by atoms with Crippen LogP contribution in [0.5, 0.6) is 0 Å². The Kier molecular flexibility index (Phi) is 2.37. The predicted octanol–water partition coefficient (Wildman–Crippen LogP) is 4.92. The summed E-state index contributed by atoms with van der Waals surface area (Å²) in [7, 11) is 0. The highest BCUT2D eigenvalue weighted by Crippen LogP contribution is 2.36. The molecule has 5 heteroatoms. The third kappa shape index (κ3) is 1.45. The van der Waals surface area contributed by atoms with Crippen molar-refractivity contribution in [2.45, 2.75) is 0 Å². The monoisotopic (exact) mass is 302 g/mol. The maximum atomic E-state index is 11.0. The van der Waals surface area contributed by atoms with E-state index in [1.165, 1.54) is 0 Å². The number of hydrogen-bond donors (Lipinski definition) is 2. The van der Waals surface area contributed by atoms with Crippen molar-refractivity contribution in [2.24, 2.45) is 0 Å². The van der Waals surface area contributed by atoms with Gasteiger partial charge in [-0.3, -0.25) is 4.79 Å². The van der Waals surface area contributed by atoms with Crippen LogP contribution in [-0.2, 0) is 0 Å². The maximum absolute atomic E-state index is 11.0. The standard InChI is InChI=1S/C15H8Cl2N2O/c16-8-3-11(17)13-10-2-1-9-7(6-20)5-18-14(9)15(10)19-12(13)4-8/h1-6,18-19H. The van der Waals surface area contributed by atoms with Crippen LogP contribution in [0.25, 0.3) is 32.7 Å². The normalized spacial score (nSPS) is 11.7. The summed E-state index contributed by atoms with van der Waals surface area (Å²) in [4.78, 5) is 17.5. The van der Waals surface area contributed by atoms with Gasteiger partial charge in [0.25, 0.3) is 0 Å². The smallest absolute Gasteiger partial charge is 0.152 e. The Morgan fingerprint density at radius 3 is 2.65 bits per heavy atom. The molecule has 2 aromatic heterocycles. The molecule has 0 radical (unpaired) electrons. The van der Waals surface area contributed by atoms with Gasteiger partial charge in [-0.2, -0.15) is 0 Å². The van der Waals surface area contributed by atoms with Crippen molar-refractivity contribution >= 4 is 62.2 Å². The van der Waals surface area contributed by atoms with Crippen LogP contribution in [-0.4, -0.2) is 16.3 Å². The zero-order chi connectivity index (χ0) is 13.9. The molecule has 0 saturated heterocycles. The molecule has 0 unspecified atom stereocenters. The average molecular weight is 303 g/mol. The lowest BCUT2D eigenvalue weighted by Crippen LogP contribution is -1.75. The molecular formula is C15H8Cl2N2O. The van der Waals surface area contributed by atoms with E-state index in [1.807, 2.05) is 18.2 Å². The molecule has 0 bridgehead atoms. The lowest BCUT2D eigenvalue weighted by Gasteiger charge is -1.97. The van der Waals surface area contributed by atoms with Gasteiger partial charge in [-0.1, -0.05) is 35.3 Å². The van der Waals surface area contributed by atoms with Gasteiger partial charge >= 0.3 is 0 Å². The number of hydrogen-bond acceptors (Lipinski definition) is 1. The fraction of sp³-hybridized carbons (Fsp3) is 0. The summed E-state index contributed by atoms with van der Waals surface area (Å²) >= 11 is 12.3. The second-order valence-electron chi connectivity index (χ2n) is 4.71. The number of halogens is 2. The quantitative estimate of drug-likeness (QED) is 0.482. The first-order valence-corrected chi connectivity index (χ1v) is 6.80. The van der Waals surface area contributed by atoms with Gasteiger partial charge in [0.1, 0.15) is 0 Å². The van der Waals surface area contributed by atoms with E-state index in [4.69, 9.17) is 23.2 Å². The molecule has 0 aliphatic rings. The molecule has 2 heterocycles. The Morgan fingerprint density at radius 2 is 1.85 bits per heavy atom. The SMILES string of the molecule is O=Cc1c[nH]c2c1ccc1c2[nH]c2cc(Cl)cc(Cl)c21. The number of carbonyl (C=O) groups is 1. The molecule has 0 aliphatic carbocycles. The molecule has 0 atom stereocenters. The molecule has 4 rings (SSSR count). The largest absolute Gasteiger partial charge is 0.359 e. The van der Waals surface area contributed by atoms with Crippen molar-refractivity contribution in [1.82, 2.24) is 9.97 Å². The van der Waals surface area contributed by atoms with Crippen molar-refractivity contribution in [3.63, 3.8) is 0 Å². The first-order valence-electron chi connectivity index (χ1n) is 6.05. The number of aldehydes is 1. The molecule has 0 amide bonds. The van der Waals surface area contributed by atoms with Crippen molar-refractivity contribution in [1.29, 1.82) is 0 Å². The van der Waals surface area contributed by atoms with Crippen LogP contribution in [0.4, 0.5) is 0 Å². The summed E-state index contributed by atoms with van der Waals surface area (Å²) in [5, 5.41) is 4.04. The summed E-state index contributed by atoms with van der Waals surface area (Å²) in [6.45, 7) is 0. The van der Waals surface area contributed by atoms with Gasteiger partial charge in [-0.05, 0) is 12.1 Å². The Hall–Kier alpha value is -1.97. The van der Waals surface area contributed by atoms with E-state index in [2.05, 4.69) is 9.97 Å². The number of aromatic amines is 2. The fourth-order valence-corrected chi connectivity index (χ4v) is 3.33. The van der Waals surface area contributed by atoms with Crippen LogP contribution in [0.15, 0.2) is 30.5 Å². The zero-order valence-corrected chi connectivity index (χ0v) is 11.6. The molecule has 20 heavy (non-hydrogen) atoms. The van der Waals surface area contributed by atoms with Crippen molar-refractivity contribution in [3.8, 4) is 0 Å². The highest BCUT2D eigenvalue weighted by Gasteiger charge is 2.13. The van der Waals surface area contributed by atoms with E-state index in [1.54, 1.807) is 12.3 Å². The molecule has 2 N–H and O–H groups in total. The zero-order valence-electron chi connectivity index (χ0n) is 10.1. The summed E-state index contributed by atoms with van der Waals surface area (Å²) in [5.74, 6) is 0. The number of rotatable bonds is 1. The van der Waals surface area contributed by atoms with Gasteiger partial charge in [-0.25, -0.2) is 0 Å². The Bertz CT molecular complexity index is 998. The molecule has 0 aliphatic heterocycles. The summed E-state index contributed by atoms with van der Waals surface area (Å²) < 4.78 is 0. The van der Waals surface area contributed by atoms with Gasteiger partial charge in [0.15, 0.2) is 6.29 Å². The molecule has 0 spiro atoms. The minimum atomic E-state index is 0.588. The molecule has 4 aromatic rings. The molecule has 0 fully saturated rings. The third-order valence-corrected chi connectivity index (χ3v) is 4.12. The lowest BCUT2D eigenvalue weighted by atomic mass is 10.1. The molecule has 98 valence electrons. The van der Waals surface area contributed by atoms with Crippen LogP contribution >= 0.6 is 23.2 Å². The van der Waals surface area contributed by atoms with E-state index in [0.29, 0.717) is 15.6 Å². The molecule has 3 nitrogen and oxygen atoms in total. The van der Waals surface area contributed by atoms with E-state index >= 15 is 0 Å². The van der Waals surface area contributed by atoms with Crippen LogP contribution in [0.3, 0.4) is 0 Å². The second kappa shape index (κ2) is 4.01. The van der Waals surface area contributed by atoms with Gasteiger partial charge < -0.3 is 9.97 Å². The van der Waals surface area contributed by atoms with E-state index in [9.17, 15) is 4.79 Å². The van der Waals surface area contributed by atoms with Gasteiger partial charge in [0, 0.05) is 38.5 Å². The van der Waals surface area contributed by atoms with Crippen molar-refractivity contribution in [2.75, 3.05) is 0 Å². The molecule has 0 saturated carbocycles. The van der Waals surface area contributed by atoms with Crippen LogP contribution in [0.1, 0.15) is 10.4 Å². The van der Waals surface area contributed by atoms with Gasteiger partial charge in [0.2, 0.25) is 0 Å². The molecule has 2 aromatic carbocycles. The minimum Gasteiger partial charge on any atom is -0.359 e. The topological polar surface area (TPSA) is 48.6 Å². The second-order valence-corrected chi connectivity index (χ2v) is 5.55. The summed E-state index contributed by atoms with van der Waals surface area (Å²) in [6, 6.07) is 7.47. The summed E-state index contributed by atoms with van der Waals surface area (Å²) in [6.07, 6.45) is 2.55. The van der Waals surface area contributed by atoms with Crippen LogP contribution in [0, 0.1) is 0 Å². The number of benzene rings is 2. The minimum absolute atomic E-state index is 0.588. The number of H-pyrrole nitrogens is 2. The first kappa shape index (κ1) is 11.8. The van der Waals surface area contributed by atoms with E-state index in [-0.39, 0.29) is 0 Å². The highest BCUT2D eigenvalue weighted by atomic mass is 35.5. The van der Waals surface area contributed by atoms with E-state index < -0.39 is 0 Å². The highest BCUT2D eigenvalue weighted by molar-refractivity contribution is 6.41. The number of aromatic nitrogens is 2. The maximum Gasteiger partial charge on any atom is 0.152 e. The number of fused-ring (bicyclic) bond motifs is 5. The number of nitrogens with one attached hydrogen (secondary N) is 2. The Labute approximate surface area is 123 Å². The number of carbonyl (C=O) groups excluding carboxylic acids is 1. The van der Waals surface area contributed by atoms with Crippen LogP contribution in [0.2, 0.25) is 10.0 Å². The first-order chi connectivity index (χ1) is 9.69. The Morgan fingerprint density at radius 1 is 1.05 bits per heavy atom.